The van der Waals surface area contributed by atoms with Crippen molar-refractivity contribution in [2.45, 2.75) is 0 Å². The van der Waals surface area contributed by atoms with Crippen LogP contribution in [-0.4, -0.2) is 25.2 Å². The molecule has 0 unspecified atom stereocenters. The van der Waals surface area contributed by atoms with Gasteiger partial charge in [0.25, 0.3) is 0 Å². The number of ether oxygens (including phenoxy) is 1. The van der Waals surface area contributed by atoms with Gasteiger partial charge in [0.05, 0.1) is 24.1 Å². The quantitative estimate of drug-likeness (QED) is 0.618. The molecule has 0 amide bonds. The van der Waals surface area contributed by atoms with Crippen molar-refractivity contribution in [1.82, 2.24) is 0 Å². The van der Waals surface area contributed by atoms with Crippen molar-refractivity contribution in [2.75, 3.05) is 30.5 Å². The third-order valence-electron chi connectivity index (χ3n) is 2.09. The van der Waals surface area contributed by atoms with Gasteiger partial charge in [0, 0.05) is 18.4 Å². The third kappa shape index (κ3) is 4.30. The highest BCUT2D eigenvalue weighted by atomic mass is 32.2. The van der Waals surface area contributed by atoms with Gasteiger partial charge in [-0.1, -0.05) is 5.92 Å². The Labute approximate surface area is 106 Å². The van der Waals surface area contributed by atoms with Crippen molar-refractivity contribution in [3.05, 3.63) is 23.8 Å². The summed E-state index contributed by atoms with van der Waals surface area (Å²) in [5, 5.41) is 12.2. The van der Waals surface area contributed by atoms with Gasteiger partial charge in [-0.3, -0.25) is 0 Å². The fraction of sp³-hybridized carbons (Fsp3) is 0.308. The van der Waals surface area contributed by atoms with Gasteiger partial charge in [-0.15, -0.1) is 18.2 Å². The predicted molar refractivity (Wildman–Crippen MR) is 72.4 cm³/mol. The second kappa shape index (κ2) is 7.49. The van der Waals surface area contributed by atoms with Crippen LogP contribution in [0.4, 0.5) is 5.69 Å². The predicted octanol–water partition coefficient (Wildman–Crippen LogP) is 2.35. The Morgan fingerprint density at radius 1 is 1.53 bits per heavy atom. The zero-order valence-corrected chi connectivity index (χ0v) is 10.5. The standard InChI is InChI=1S/C13H14N2OS/c1-3-7-17-8-6-15-13-9-12(16-2)5-4-11(13)10-14/h1,4-5,9,15H,6-8H2,2H3. The van der Waals surface area contributed by atoms with Crippen molar-refractivity contribution in [2.24, 2.45) is 0 Å². The molecule has 0 aliphatic rings. The molecule has 0 heterocycles. The SMILES string of the molecule is C#CCSCCNc1cc(OC)ccc1C#N. The van der Waals surface area contributed by atoms with Gasteiger partial charge in [0.1, 0.15) is 11.8 Å². The second-order valence-corrected chi connectivity index (χ2v) is 4.31. The Morgan fingerprint density at radius 3 is 3.00 bits per heavy atom. The van der Waals surface area contributed by atoms with Crippen LogP contribution in [0.1, 0.15) is 5.56 Å². The molecule has 88 valence electrons. The van der Waals surface area contributed by atoms with Crippen molar-refractivity contribution < 1.29 is 4.74 Å². The van der Waals surface area contributed by atoms with E-state index in [9.17, 15) is 0 Å². The first-order chi connectivity index (χ1) is 8.31. The number of thioether (sulfide) groups is 1. The van der Waals surface area contributed by atoms with E-state index in [0.29, 0.717) is 11.3 Å². The average Bonchev–Trinajstić information content (AvgIpc) is 2.38. The van der Waals surface area contributed by atoms with Gasteiger partial charge in [0.15, 0.2) is 0 Å². The van der Waals surface area contributed by atoms with E-state index < -0.39 is 0 Å². The van der Waals surface area contributed by atoms with Gasteiger partial charge >= 0.3 is 0 Å². The molecule has 1 rings (SSSR count). The summed E-state index contributed by atoms with van der Waals surface area (Å²) in [6, 6.07) is 7.49. The monoisotopic (exact) mass is 246 g/mol. The second-order valence-electron chi connectivity index (χ2n) is 3.21. The lowest BCUT2D eigenvalue weighted by Gasteiger charge is -2.09. The van der Waals surface area contributed by atoms with Crippen molar-refractivity contribution in [3.8, 4) is 24.2 Å². The summed E-state index contributed by atoms with van der Waals surface area (Å²) in [4.78, 5) is 0. The topological polar surface area (TPSA) is 45.0 Å². The van der Waals surface area contributed by atoms with Crippen LogP contribution in [0.15, 0.2) is 18.2 Å². The highest BCUT2D eigenvalue weighted by Gasteiger charge is 2.03. The van der Waals surface area contributed by atoms with Crippen LogP contribution in [0, 0.1) is 23.7 Å². The number of terminal acetylenes is 1. The number of anilines is 1. The van der Waals surface area contributed by atoms with Crippen LogP contribution in [0.2, 0.25) is 0 Å². The fourth-order valence-electron chi connectivity index (χ4n) is 1.28. The van der Waals surface area contributed by atoms with Crippen LogP contribution < -0.4 is 10.1 Å². The number of nitriles is 1. The third-order valence-corrected chi connectivity index (χ3v) is 2.96. The minimum atomic E-state index is 0.618. The molecule has 1 aromatic carbocycles. The maximum atomic E-state index is 8.96. The summed E-state index contributed by atoms with van der Waals surface area (Å²) >= 11 is 1.68. The summed E-state index contributed by atoms with van der Waals surface area (Å²) in [6.45, 7) is 0.772. The Kier molecular flexibility index (Phi) is 5.85. The normalized spacial score (nSPS) is 9.12. The minimum Gasteiger partial charge on any atom is -0.497 e. The summed E-state index contributed by atoms with van der Waals surface area (Å²) in [7, 11) is 1.61. The van der Waals surface area contributed by atoms with E-state index in [2.05, 4.69) is 17.3 Å². The minimum absolute atomic E-state index is 0.618. The molecule has 17 heavy (non-hydrogen) atoms. The number of hydrogen-bond donors (Lipinski definition) is 1. The number of rotatable bonds is 6. The Morgan fingerprint density at radius 2 is 2.35 bits per heavy atom. The molecule has 0 radical (unpaired) electrons. The van der Waals surface area contributed by atoms with E-state index >= 15 is 0 Å². The molecule has 4 heteroatoms. The van der Waals surface area contributed by atoms with Gasteiger partial charge in [-0.2, -0.15) is 5.26 Å². The molecule has 0 saturated heterocycles. The van der Waals surface area contributed by atoms with E-state index in [-0.39, 0.29) is 0 Å². The van der Waals surface area contributed by atoms with Crippen LogP contribution in [0.5, 0.6) is 5.75 Å². The van der Waals surface area contributed by atoms with E-state index in [1.165, 1.54) is 0 Å². The van der Waals surface area contributed by atoms with Crippen LogP contribution in [-0.2, 0) is 0 Å². The molecule has 1 N–H and O–H groups in total. The number of methoxy groups -OCH3 is 1. The molecule has 3 nitrogen and oxygen atoms in total. The van der Waals surface area contributed by atoms with Gasteiger partial charge < -0.3 is 10.1 Å². The zero-order chi connectivity index (χ0) is 12.5. The summed E-state index contributed by atoms with van der Waals surface area (Å²) in [5.74, 6) is 4.93. The average molecular weight is 246 g/mol. The first kappa shape index (κ1) is 13.3. The molecule has 0 saturated carbocycles. The Balaban J connectivity index is 2.57. The fourth-order valence-corrected chi connectivity index (χ4v) is 1.79. The zero-order valence-electron chi connectivity index (χ0n) is 9.69. The van der Waals surface area contributed by atoms with Gasteiger partial charge in [0.2, 0.25) is 0 Å². The number of nitrogens with zero attached hydrogens (tertiary/aromatic N) is 1. The molecule has 0 fully saturated rings. The number of benzene rings is 1. The molecule has 0 aliphatic heterocycles. The van der Waals surface area contributed by atoms with E-state index in [0.717, 1.165) is 23.7 Å². The maximum absolute atomic E-state index is 8.96. The smallest absolute Gasteiger partial charge is 0.121 e. The molecule has 0 aliphatic carbocycles. The summed E-state index contributed by atoms with van der Waals surface area (Å²) < 4.78 is 5.12. The highest BCUT2D eigenvalue weighted by molar-refractivity contribution is 7.99. The van der Waals surface area contributed by atoms with E-state index in [1.54, 1.807) is 31.0 Å². The lowest BCUT2D eigenvalue weighted by molar-refractivity contribution is 0.415. The largest absolute Gasteiger partial charge is 0.497 e. The lowest BCUT2D eigenvalue weighted by Crippen LogP contribution is -2.06. The van der Waals surface area contributed by atoms with Crippen LogP contribution in [0.25, 0.3) is 0 Å². The molecule has 0 spiro atoms. The Bertz CT molecular complexity index is 446. The first-order valence-corrected chi connectivity index (χ1v) is 6.30. The highest BCUT2D eigenvalue weighted by Crippen LogP contribution is 2.21. The van der Waals surface area contributed by atoms with Gasteiger partial charge in [-0.25, -0.2) is 0 Å². The molecule has 0 bridgehead atoms. The number of nitrogens with one attached hydrogen (secondary N) is 1. The maximum Gasteiger partial charge on any atom is 0.121 e. The lowest BCUT2D eigenvalue weighted by atomic mass is 10.2. The van der Waals surface area contributed by atoms with Crippen molar-refractivity contribution in [3.63, 3.8) is 0 Å². The summed E-state index contributed by atoms with van der Waals surface area (Å²) in [5.41, 5.74) is 1.42. The van der Waals surface area contributed by atoms with Crippen molar-refractivity contribution in [1.29, 1.82) is 5.26 Å². The molecular weight excluding hydrogens is 232 g/mol. The Hall–Kier alpha value is -1.78. The van der Waals surface area contributed by atoms with Gasteiger partial charge in [-0.05, 0) is 12.1 Å². The van der Waals surface area contributed by atoms with Crippen LogP contribution in [0.3, 0.4) is 0 Å². The molecular formula is C13H14N2OS. The van der Waals surface area contributed by atoms with E-state index in [4.69, 9.17) is 16.4 Å². The molecule has 0 aromatic heterocycles. The van der Waals surface area contributed by atoms with Crippen LogP contribution >= 0.6 is 11.8 Å². The van der Waals surface area contributed by atoms with E-state index in [1.807, 2.05) is 6.07 Å². The molecule has 1 aromatic rings. The summed E-state index contributed by atoms with van der Waals surface area (Å²) in [6.07, 6.45) is 5.15. The number of hydrogen-bond acceptors (Lipinski definition) is 4. The van der Waals surface area contributed by atoms with Crippen molar-refractivity contribution >= 4 is 17.4 Å². The first-order valence-electron chi connectivity index (χ1n) is 5.15. The molecule has 0 atom stereocenters.